The Balaban J connectivity index is 1.80. The number of thiazole rings is 1. The molecule has 96 valence electrons. The lowest BCUT2D eigenvalue weighted by atomic mass is 10.2. The molecule has 0 fully saturated rings. The molecule has 2 aromatic carbocycles. The van der Waals surface area contributed by atoms with E-state index in [9.17, 15) is 10.2 Å². The third-order valence-electron chi connectivity index (χ3n) is 2.91. The van der Waals surface area contributed by atoms with Gasteiger partial charge in [0.1, 0.15) is 0 Å². The first-order valence-electron chi connectivity index (χ1n) is 5.81. The molecule has 0 bridgehead atoms. The normalized spacial score (nSPS) is 10.7. The van der Waals surface area contributed by atoms with Gasteiger partial charge in [-0.25, -0.2) is 4.98 Å². The minimum Gasteiger partial charge on any atom is -0.504 e. The second-order valence-corrected chi connectivity index (χ2v) is 5.06. The summed E-state index contributed by atoms with van der Waals surface area (Å²) in [5, 5.41) is 22.4. The number of nitrogens with one attached hydrogen (secondary N) is 1. The molecule has 0 spiro atoms. The van der Waals surface area contributed by atoms with Crippen LogP contribution >= 0.6 is 11.3 Å². The molecule has 0 amide bonds. The number of rotatable bonds is 3. The quantitative estimate of drug-likeness (QED) is 0.640. The van der Waals surface area contributed by atoms with Crippen LogP contribution in [0.2, 0.25) is 0 Å². The molecule has 0 saturated carbocycles. The Bertz CT molecular complexity index is 724. The SMILES string of the molecule is Oc1cccc(CNc2ccc3ncsc3c2)c1O. The van der Waals surface area contributed by atoms with Gasteiger partial charge >= 0.3 is 0 Å². The Kier molecular flexibility index (Phi) is 2.97. The summed E-state index contributed by atoms with van der Waals surface area (Å²) in [6, 6.07) is 10.9. The molecule has 3 N–H and O–H groups in total. The van der Waals surface area contributed by atoms with Gasteiger partial charge in [0.05, 0.1) is 15.7 Å². The summed E-state index contributed by atoms with van der Waals surface area (Å²) in [6.45, 7) is 0.449. The van der Waals surface area contributed by atoms with Gasteiger partial charge in [-0.1, -0.05) is 12.1 Å². The molecular formula is C14H12N2O2S. The second-order valence-electron chi connectivity index (χ2n) is 4.17. The molecular weight excluding hydrogens is 260 g/mol. The molecule has 3 aromatic rings. The standard InChI is InChI=1S/C14H12N2O2S/c17-12-3-1-2-9(14(12)18)7-15-10-4-5-11-13(6-10)19-8-16-11/h1-6,8,15,17-18H,7H2. The van der Waals surface area contributed by atoms with Gasteiger partial charge in [0.25, 0.3) is 0 Å². The van der Waals surface area contributed by atoms with Crippen LogP contribution in [0, 0.1) is 0 Å². The van der Waals surface area contributed by atoms with Crippen molar-refractivity contribution >= 4 is 27.2 Å². The van der Waals surface area contributed by atoms with Gasteiger partial charge in [-0.05, 0) is 24.3 Å². The molecule has 19 heavy (non-hydrogen) atoms. The zero-order valence-electron chi connectivity index (χ0n) is 10.00. The molecule has 0 atom stereocenters. The predicted molar refractivity (Wildman–Crippen MR) is 76.7 cm³/mol. The number of nitrogens with zero attached hydrogens (tertiary/aromatic N) is 1. The summed E-state index contributed by atoms with van der Waals surface area (Å²) >= 11 is 1.59. The van der Waals surface area contributed by atoms with Crippen LogP contribution in [0.3, 0.4) is 0 Å². The minimum absolute atomic E-state index is 0.0751. The highest BCUT2D eigenvalue weighted by Crippen LogP contribution is 2.29. The van der Waals surface area contributed by atoms with Gasteiger partial charge in [-0.3, -0.25) is 0 Å². The van der Waals surface area contributed by atoms with E-state index < -0.39 is 0 Å². The summed E-state index contributed by atoms with van der Waals surface area (Å²) in [6.07, 6.45) is 0. The number of fused-ring (bicyclic) bond motifs is 1. The topological polar surface area (TPSA) is 65.4 Å². The molecule has 5 heteroatoms. The maximum absolute atomic E-state index is 9.72. The number of phenols is 2. The fourth-order valence-electron chi connectivity index (χ4n) is 1.88. The average molecular weight is 272 g/mol. The Labute approximate surface area is 114 Å². The van der Waals surface area contributed by atoms with Crippen molar-refractivity contribution in [3.63, 3.8) is 0 Å². The van der Waals surface area contributed by atoms with Crippen LogP contribution in [0.4, 0.5) is 5.69 Å². The van der Waals surface area contributed by atoms with E-state index in [1.807, 2.05) is 23.7 Å². The summed E-state index contributed by atoms with van der Waals surface area (Å²) in [7, 11) is 0. The van der Waals surface area contributed by atoms with Crippen molar-refractivity contribution in [2.45, 2.75) is 6.54 Å². The minimum atomic E-state index is -0.0998. The van der Waals surface area contributed by atoms with Crippen LogP contribution in [0.15, 0.2) is 41.9 Å². The highest BCUT2D eigenvalue weighted by molar-refractivity contribution is 7.16. The van der Waals surface area contributed by atoms with E-state index in [-0.39, 0.29) is 11.5 Å². The molecule has 0 saturated heterocycles. The zero-order valence-corrected chi connectivity index (χ0v) is 10.8. The van der Waals surface area contributed by atoms with Crippen molar-refractivity contribution in [2.24, 2.45) is 0 Å². The number of aromatic nitrogens is 1. The summed E-state index contributed by atoms with van der Waals surface area (Å²) < 4.78 is 1.12. The van der Waals surface area contributed by atoms with E-state index in [1.54, 1.807) is 23.5 Å². The largest absolute Gasteiger partial charge is 0.504 e. The third kappa shape index (κ3) is 2.32. The number of phenolic OH excluding ortho intramolecular Hbond substituents is 2. The molecule has 0 aliphatic carbocycles. The van der Waals surface area contributed by atoms with Gasteiger partial charge in [0.2, 0.25) is 0 Å². The van der Waals surface area contributed by atoms with E-state index in [2.05, 4.69) is 10.3 Å². The molecule has 1 heterocycles. The van der Waals surface area contributed by atoms with E-state index in [1.165, 1.54) is 6.07 Å². The Morgan fingerprint density at radius 3 is 2.95 bits per heavy atom. The van der Waals surface area contributed by atoms with Crippen LogP contribution in [-0.4, -0.2) is 15.2 Å². The van der Waals surface area contributed by atoms with Crippen molar-refractivity contribution in [3.8, 4) is 11.5 Å². The first-order chi connectivity index (χ1) is 9.24. The molecule has 0 radical (unpaired) electrons. The lowest BCUT2D eigenvalue weighted by Gasteiger charge is -2.09. The van der Waals surface area contributed by atoms with Crippen molar-refractivity contribution in [1.29, 1.82) is 0 Å². The van der Waals surface area contributed by atoms with Crippen LogP contribution in [0.5, 0.6) is 11.5 Å². The smallest absolute Gasteiger partial charge is 0.162 e. The van der Waals surface area contributed by atoms with Crippen LogP contribution in [0.1, 0.15) is 5.56 Å². The van der Waals surface area contributed by atoms with Crippen molar-refractivity contribution < 1.29 is 10.2 Å². The van der Waals surface area contributed by atoms with Gasteiger partial charge in [-0.15, -0.1) is 11.3 Å². The monoisotopic (exact) mass is 272 g/mol. The molecule has 1 aromatic heterocycles. The average Bonchev–Trinajstić information content (AvgIpc) is 2.88. The molecule has 0 unspecified atom stereocenters. The summed E-state index contributed by atoms with van der Waals surface area (Å²) in [5.74, 6) is -0.175. The first kappa shape index (κ1) is 11.8. The maximum atomic E-state index is 9.72. The Morgan fingerprint density at radius 1 is 1.16 bits per heavy atom. The van der Waals surface area contributed by atoms with E-state index in [4.69, 9.17) is 0 Å². The molecule has 4 nitrogen and oxygen atoms in total. The zero-order chi connectivity index (χ0) is 13.2. The van der Waals surface area contributed by atoms with E-state index in [0.29, 0.717) is 12.1 Å². The third-order valence-corrected chi connectivity index (χ3v) is 3.70. The van der Waals surface area contributed by atoms with E-state index >= 15 is 0 Å². The van der Waals surface area contributed by atoms with Gasteiger partial charge in [0.15, 0.2) is 11.5 Å². The van der Waals surface area contributed by atoms with Gasteiger partial charge < -0.3 is 15.5 Å². The highest BCUT2D eigenvalue weighted by atomic mass is 32.1. The fourth-order valence-corrected chi connectivity index (χ4v) is 2.60. The molecule has 0 aliphatic heterocycles. The number of aromatic hydroxyl groups is 2. The number of benzene rings is 2. The Morgan fingerprint density at radius 2 is 2.05 bits per heavy atom. The molecule has 3 rings (SSSR count). The van der Waals surface area contributed by atoms with Crippen LogP contribution < -0.4 is 5.32 Å². The number of anilines is 1. The van der Waals surface area contributed by atoms with Gasteiger partial charge in [0, 0.05) is 17.8 Å². The lowest BCUT2D eigenvalue weighted by molar-refractivity contribution is 0.400. The van der Waals surface area contributed by atoms with Crippen LogP contribution in [0.25, 0.3) is 10.2 Å². The van der Waals surface area contributed by atoms with Crippen molar-refractivity contribution in [1.82, 2.24) is 4.98 Å². The van der Waals surface area contributed by atoms with Crippen molar-refractivity contribution in [2.75, 3.05) is 5.32 Å². The first-order valence-corrected chi connectivity index (χ1v) is 6.69. The lowest BCUT2D eigenvalue weighted by Crippen LogP contribution is -1.99. The van der Waals surface area contributed by atoms with E-state index in [0.717, 1.165) is 15.9 Å². The fraction of sp³-hybridized carbons (Fsp3) is 0.0714. The predicted octanol–water partition coefficient (Wildman–Crippen LogP) is 3.32. The summed E-state index contributed by atoms with van der Waals surface area (Å²) in [4.78, 5) is 4.22. The number of hydrogen-bond acceptors (Lipinski definition) is 5. The number of hydrogen-bond donors (Lipinski definition) is 3. The van der Waals surface area contributed by atoms with Gasteiger partial charge in [-0.2, -0.15) is 0 Å². The van der Waals surface area contributed by atoms with Crippen molar-refractivity contribution in [3.05, 3.63) is 47.5 Å². The molecule has 0 aliphatic rings. The van der Waals surface area contributed by atoms with Crippen LogP contribution in [-0.2, 0) is 6.54 Å². The Hall–Kier alpha value is -2.27. The maximum Gasteiger partial charge on any atom is 0.162 e. The number of para-hydroxylation sites is 1. The highest BCUT2D eigenvalue weighted by Gasteiger charge is 2.05. The summed E-state index contributed by atoms with van der Waals surface area (Å²) in [5.41, 5.74) is 4.41. The second kappa shape index (κ2) is 4.78.